The third-order valence-electron chi connectivity index (χ3n) is 6.08. The number of hydrogen-bond donors (Lipinski definition) is 3. The van der Waals surface area contributed by atoms with E-state index in [1.54, 1.807) is 38.5 Å². The van der Waals surface area contributed by atoms with Crippen LogP contribution < -0.4 is 15.8 Å². The predicted molar refractivity (Wildman–Crippen MR) is 130 cm³/mol. The van der Waals surface area contributed by atoms with Crippen molar-refractivity contribution in [3.05, 3.63) is 78.4 Å². The fraction of sp³-hybridized carbons (Fsp3) is 0.269. The Morgan fingerprint density at radius 1 is 1.14 bits per heavy atom. The number of carbonyl (C=O) groups excluding carboxylic acids is 1. The van der Waals surface area contributed by atoms with Crippen LogP contribution in [-0.4, -0.2) is 33.6 Å². The summed E-state index contributed by atoms with van der Waals surface area (Å²) in [4.78, 5) is 24.3. The van der Waals surface area contributed by atoms with Gasteiger partial charge in [0.05, 0.1) is 12.7 Å². The predicted octanol–water partition coefficient (Wildman–Crippen LogP) is 4.69. The van der Waals surface area contributed by atoms with E-state index in [0.29, 0.717) is 29.1 Å². The largest absolute Gasteiger partial charge is 0.487 e. The maximum Gasteiger partial charge on any atom is 0.401 e. The Morgan fingerprint density at radius 2 is 1.89 bits per heavy atom. The number of H-pyrrole nitrogens is 1. The number of alkyl halides is 3. The van der Waals surface area contributed by atoms with Crippen molar-refractivity contribution in [3.8, 4) is 16.9 Å². The van der Waals surface area contributed by atoms with E-state index in [1.165, 1.54) is 6.20 Å². The van der Waals surface area contributed by atoms with Gasteiger partial charge in [-0.15, -0.1) is 0 Å². The highest BCUT2D eigenvalue weighted by Crippen LogP contribution is 2.35. The maximum atomic E-state index is 13.1. The number of benzene rings is 1. The number of carbonyl (C=O) groups is 1. The van der Waals surface area contributed by atoms with Gasteiger partial charge in [0.15, 0.2) is 0 Å². The molecule has 36 heavy (non-hydrogen) atoms. The van der Waals surface area contributed by atoms with Gasteiger partial charge in [-0.25, -0.2) is 4.98 Å². The standard InChI is InChI=1S/C26H26F3N5O2/c1-16(2)26(24(30)35,34-15-25(27,28)29)19-8-18(10-31-11-19)22-13-33-23-21(22)9-20(12-32-23)36-14-17-6-4-3-5-7-17/h3-13,16,34H,14-15H2,1-2H3,(H2,30,35)(H,32,33)/t26-/m1/s1. The number of rotatable bonds is 9. The van der Waals surface area contributed by atoms with Crippen LogP contribution >= 0.6 is 0 Å². The number of amides is 1. The molecule has 4 N–H and O–H groups in total. The molecule has 0 saturated carbocycles. The Labute approximate surface area is 205 Å². The lowest BCUT2D eigenvalue weighted by Crippen LogP contribution is -2.58. The molecule has 188 valence electrons. The van der Waals surface area contributed by atoms with Crippen molar-refractivity contribution in [3.63, 3.8) is 0 Å². The molecule has 1 atom stereocenters. The van der Waals surface area contributed by atoms with Gasteiger partial charge in [-0.05, 0) is 23.6 Å². The smallest absolute Gasteiger partial charge is 0.401 e. The molecule has 0 radical (unpaired) electrons. The summed E-state index contributed by atoms with van der Waals surface area (Å²) >= 11 is 0. The Bertz CT molecular complexity index is 1350. The lowest BCUT2D eigenvalue weighted by molar-refractivity contribution is -0.139. The van der Waals surface area contributed by atoms with E-state index in [-0.39, 0.29) is 5.56 Å². The van der Waals surface area contributed by atoms with Crippen molar-refractivity contribution in [2.45, 2.75) is 32.2 Å². The molecule has 0 aliphatic heterocycles. The summed E-state index contributed by atoms with van der Waals surface area (Å²) in [5.41, 5.74) is 7.03. The number of primary amides is 1. The summed E-state index contributed by atoms with van der Waals surface area (Å²) in [7, 11) is 0. The normalized spacial score (nSPS) is 13.6. The first kappa shape index (κ1) is 25.2. The number of fused-ring (bicyclic) bond motifs is 1. The zero-order valence-corrected chi connectivity index (χ0v) is 19.8. The van der Waals surface area contributed by atoms with Crippen LogP contribution in [0, 0.1) is 5.92 Å². The fourth-order valence-electron chi connectivity index (χ4n) is 4.24. The van der Waals surface area contributed by atoms with Crippen LogP contribution in [0.25, 0.3) is 22.2 Å². The minimum Gasteiger partial charge on any atom is -0.487 e. The van der Waals surface area contributed by atoms with Crippen LogP contribution in [0.15, 0.2) is 67.3 Å². The molecule has 0 unspecified atom stereocenters. The molecule has 7 nitrogen and oxygen atoms in total. The topological polar surface area (TPSA) is 106 Å². The van der Waals surface area contributed by atoms with E-state index in [9.17, 15) is 18.0 Å². The van der Waals surface area contributed by atoms with Crippen LogP contribution in [0.4, 0.5) is 13.2 Å². The quantitative estimate of drug-likeness (QED) is 0.311. The zero-order chi connectivity index (χ0) is 25.9. The monoisotopic (exact) mass is 497 g/mol. The molecule has 3 heterocycles. The highest BCUT2D eigenvalue weighted by Gasteiger charge is 2.44. The molecule has 1 aromatic carbocycles. The van der Waals surface area contributed by atoms with Crippen LogP contribution in [0.1, 0.15) is 25.0 Å². The summed E-state index contributed by atoms with van der Waals surface area (Å²) in [6.45, 7) is 2.25. The molecule has 4 rings (SSSR count). The van der Waals surface area contributed by atoms with E-state index >= 15 is 0 Å². The molecule has 0 aliphatic rings. The van der Waals surface area contributed by atoms with E-state index in [4.69, 9.17) is 10.5 Å². The molecule has 10 heteroatoms. The summed E-state index contributed by atoms with van der Waals surface area (Å²) in [5.74, 6) is -0.952. The number of halogens is 3. The van der Waals surface area contributed by atoms with E-state index < -0.39 is 30.1 Å². The van der Waals surface area contributed by atoms with E-state index in [2.05, 4.69) is 20.3 Å². The first-order chi connectivity index (χ1) is 17.1. The first-order valence-corrected chi connectivity index (χ1v) is 11.3. The summed E-state index contributed by atoms with van der Waals surface area (Å²) in [5, 5.41) is 3.09. The Balaban J connectivity index is 1.70. The Hall–Kier alpha value is -3.92. The fourth-order valence-corrected chi connectivity index (χ4v) is 4.24. The van der Waals surface area contributed by atoms with E-state index in [1.807, 2.05) is 36.4 Å². The number of aromatic amines is 1. The van der Waals surface area contributed by atoms with Gasteiger partial charge in [0.1, 0.15) is 23.5 Å². The Morgan fingerprint density at radius 3 is 2.56 bits per heavy atom. The lowest BCUT2D eigenvalue weighted by Gasteiger charge is -2.36. The second-order valence-electron chi connectivity index (χ2n) is 8.80. The van der Waals surface area contributed by atoms with Crippen LogP contribution in [0.5, 0.6) is 5.75 Å². The zero-order valence-electron chi connectivity index (χ0n) is 19.8. The lowest BCUT2D eigenvalue weighted by atomic mass is 9.79. The number of aromatic nitrogens is 3. The second kappa shape index (κ2) is 9.98. The molecular weight excluding hydrogens is 471 g/mol. The van der Waals surface area contributed by atoms with Gasteiger partial charge in [-0.3, -0.25) is 15.1 Å². The summed E-state index contributed by atoms with van der Waals surface area (Å²) < 4.78 is 45.1. The van der Waals surface area contributed by atoms with Crippen LogP contribution in [-0.2, 0) is 16.9 Å². The number of nitrogens with zero attached hydrogens (tertiary/aromatic N) is 2. The van der Waals surface area contributed by atoms with Crippen molar-refractivity contribution in [1.82, 2.24) is 20.3 Å². The van der Waals surface area contributed by atoms with Crippen molar-refractivity contribution in [2.24, 2.45) is 11.7 Å². The maximum absolute atomic E-state index is 13.1. The molecule has 0 bridgehead atoms. The number of nitrogens with two attached hydrogens (primary N) is 1. The third kappa shape index (κ3) is 5.18. The second-order valence-corrected chi connectivity index (χ2v) is 8.80. The SMILES string of the molecule is CC(C)[C@](NCC(F)(F)F)(C(N)=O)c1cncc(-c2c[nH]c3ncc(OCc4ccccc4)cc23)c1. The number of pyridine rings is 2. The number of nitrogens with one attached hydrogen (secondary N) is 2. The van der Waals surface area contributed by atoms with Gasteiger partial charge in [0, 0.05) is 40.7 Å². The molecule has 0 spiro atoms. The average Bonchev–Trinajstić information content (AvgIpc) is 3.26. The third-order valence-corrected chi connectivity index (χ3v) is 6.08. The minimum atomic E-state index is -4.53. The summed E-state index contributed by atoms with van der Waals surface area (Å²) in [6.07, 6.45) is 1.74. The van der Waals surface area contributed by atoms with Gasteiger partial charge < -0.3 is 15.5 Å². The average molecular weight is 498 g/mol. The van der Waals surface area contributed by atoms with Gasteiger partial charge in [0.2, 0.25) is 5.91 Å². The van der Waals surface area contributed by atoms with Crippen LogP contribution in [0.2, 0.25) is 0 Å². The molecular formula is C26H26F3N5O2. The van der Waals surface area contributed by atoms with Gasteiger partial charge >= 0.3 is 6.18 Å². The molecule has 3 aromatic heterocycles. The van der Waals surface area contributed by atoms with Crippen LogP contribution in [0.3, 0.4) is 0 Å². The number of hydrogen-bond acceptors (Lipinski definition) is 5. The molecule has 0 fully saturated rings. The summed E-state index contributed by atoms with van der Waals surface area (Å²) in [6, 6.07) is 13.1. The molecule has 0 aliphatic carbocycles. The molecule has 0 saturated heterocycles. The Kier molecular flexibility index (Phi) is 6.98. The highest BCUT2D eigenvalue weighted by molar-refractivity contribution is 5.94. The van der Waals surface area contributed by atoms with E-state index in [0.717, 1.165) is 10.9 Å². The first-order valence-electron chi connectivity index (χ1n) is 11.3. The van der Waals surface area contributed by atoms with Gasteiger partial charge in [-0.1, -0.05) is 44.2 Å². The number of ether oxygens (including phenoxy) is 1. The van der Waals surface area contributed by atoms with Crippen molar-refractivity contribution in [2.75, 3.05) is 6.54 Å². The molecule has 4 aromatic rings. The highest BCUT2D eigenvalue weighted by atomic mass is 19.4. The van der Waals surface area contributed by atoms with Crippen molar-refractivity contribution < 1.29 is 22.7 Å². The minimum absolute atomic E-state index is 0.241. The van der Waals surface area contributed by atoms with Gasteiger partial charge in [0.25, 0.3) is 0 Å². The van der Waals surface area contributed by atoms with Crippen molar-refractivity contribution in [1.29, 1.82) is 0 Å². The van der Waals surface area contributed by atoms with Gasteiger partial charge in [-0.2, -0.15) is 13.2 Å². The molecule has 1 amide bonds. The van der Waals surface area contributed by atoms with Crippen molar-refractivity contribution >= 4 is 16.9 Å².